The van der Waals surface area contributed by atoms with Crippen molar-refractivity contribution >= 4 is 11.5 Å². The zero-order valence-electron chi connectivity index (χ0n) is 8.26. The van der Waals surface area contributed by atoms with Gasteiger partial charge in [0.25, 0.3) is 0 Å². The summed E-state index contributed by atoms with van der Waals surface area (Å²) in [4.78, 5) is 6.43. The molecule has 0 bridgehead atoms. The SMILES string of the molecule is CC(C)Nc1nc(C(F)(F)F)ncc1N. The maximum absolute atomic E-state index is 12.2. The van der Waals surface area contributed by atoms with Crippen molar-refractivity contribution in [1.82, 2.24) is 9.97 Å². The molecule has 84 valence electrons. The van der Waals surface area contributed by atoms with Gasteiger partial charge >= 0.3 is 6.18 Å². The summed E-state index contributed by atoms with van der Waals surface area (Å²) in [7, 11) is 0. The molecule has 0 aliphatic carbocycles. The molecule has 0 aromatic carbocycles. The molecule has 1 heterocycles. The fraction of sp³-hybridized carbons (Fsp3) is 0.500. The molecule has 0 amide bonds. The molecule has 0 aliphatic rings. The van der Waals surface area contributed by atoms with Gasteiger partial charge in [0, 0.05) is 6.04 Å². The average Bonchev–Trinajstić information content (AvgIpc) is 2.06. The second kappa shape index (κ2) is 3.92. The molecular formula is C8H11F3N4. The number of halogens is 3. The summed E-state index contributed by atoms with van der Waals surface area (Å²) in [6.45, 7) is 3.55. The summed E-state index contributed by atoms with van der Waals surface area (Å²) < 4.78 is 36.7. The van der Waals surface area contributed by atoms with Gasteiger partial charge < -0.3 is 11.1 Å². The van der Waals surface area contributed by atoms with Crippen LogP contribution in [-0.2, 0) is 6.18 Å². The van der Waals surface area contributed by atoms with Crippen LogP contribution in [0.1, 0.15) is 19.7 Å². The minimum Gasteiger partial charge on any atom is -0.394 e. The van der Waals surface area contributed by atoms with Gasteiger partial charge in [-0.25, -0.2) is 9.97 Å². The van der Waals surface area contributed by atoms with Crippen molar-refractivity contribution in [3.8, 4) is 0 Å². The van der Waals surface area contributed by atoms with Gasteiger partial charge in [-0.3, -0.25) is 0 Å². The van der Waals surface area contributed by atoms with Crippen molar-refractivity contribution in [2.75, 3.05) is 11.1 Å². The summed E-state index contributed by atoms with van der Waals surface area (Å²) in [6.07, 6.45) is -3.61. The minimum atomic E-state index is -4.55. The van der Waals surface area contributed by atoms with Crippen LogP contribution in [0.5, 0.6) is 0 Å². The van der Waals surface area contributed by atoms with Crippen molar-refractivity contribution in [1.29, 1.82) is 0 Å². The highest BCUT2D eigenvalue weighted by molar-refractivity contribution is 5.59. The molecule has 1 aromatic heterocycles. The second-order valence-corrected chi connectivity index (χ2v) is 3.29. The Balaban J connectivity index is 3.06. The third-order valence-electron chi connectivity index (χ3n) is 1.50. The number of hydrogen-bond acceptors (Lipinski definition) is 4. The van der Waals surface area contributed by atoms with Gasteiger partial charge in [-0.05, 0) is 13.8 Å². The number of anilines is 2. The fourth-order valence-corrected chi connectivity index (χ4v) is 0.917. The molecule has 4 nitrogen and oxygen atoms in total. The maximum Gasteiger partial charge on any atom is 0.451 e. The number of hydrogen-bond donors (Lipinski definition) is 2. The largest absolute Gasteiger partial charge is 0.451 e. The first-order chi connectivity index (χ1) is 6.80. The lowest BCUT2D eigenvalue weighted by atomic mass is 10.3. The molecule has 3 N–H and O–H groups in total. The van der Waals surface area contributed by atoms with Gasteiger partial charge in [-0.2, -0.15) is 13.2 Å². The molecule has 7 heteroatoms. The van der Waals surface area contributed by atoms with Crippen LogP contribution in [0.3, 0.4) is 0 Å². The van der Waals surface area contributed by atoms with Gasteiger partial charge in [-0.1, -0.05) is 0 Å². The Labute approximate surface area is 84.7 Å². The Kier molecular flexibility index (Phi) is 3.01. The van der Waals surface area contributed by atoms with Crippen molar-refractivity contribution < 1.29 is 13.2 Å². The Morgan fingerprint density at radius 3 is 2.47 bits per heavy atom. The molecule has 0 saturated heterocycles. The van der Waals surface area contributed by atoms with E-state index in [-0.39, 0.29) is 17.5 Å². The number of nitrogens with one attached hydrogen (secondary N) is 1. The van der Waals surface area contributed by atoms with E-state index in [2.05, 4.69) is 15.3 Å². The topological polar surface area (TPSA) is 63.8 Å². The first kappa shape index (κ1) is 11.5. The molecule has 0 spiro atoms. The van der Waals surface area contributed by atoms with Gasteiger partial charge in [0.1, 0.15) is 0 Å². The van der Waals surface area contributed by atoms with E-state index in [1.807, 2.05) is 0 Å². The van der Waals surface area contributed by atoms with E-state index < -0.39 is 12.0 Å². The number of nitrogen functional groups attached to an aromatic ring is 1. The molecule has 0 fully saturated rings. The molecule has 0 radical (unpaired) electrons. The highest BCUT2D eigenvalue weighted by Gasteiger charge is 2.35. The summed E-state index contributed by atoms with van der Waals surface area (Å²) >= 11 is 0. The van der Waals surface area contributed by atoms with Crippen molar-refractivity contribution in [3.05, 3.63) is 12.0 Å². The van der Waals surface area contributed by atoms with E-state index in [1.165, 1.54) is 0 Å². The quantitative estimate of drug-likeness (QED) is 0.798. The van der Waals surface area contributed by atoms with E-state index in [0.29, 0.717) is 0 Å². The lowest BCUT2D eigenvalue weighted by molar-refractivity contribution is -0.144. The van der Waals surface area contributed by atoms with E-state index in [4.69, 9.17) is 5.73 Å². The zero-order chi connectivity index (χ0) is 11.6. The Bertz CT molecular complexity index is 348. The number of aromatic nitrogens is 2. The molecule has 1 rings (SSSR count). The molecule has 0 aliphatic heterocycles. The van der Waals surface area contributed by atoms with E-state index in [0.717, 1.165) is 6.20 Å². The molecule has 0 atom stereocenters. The summed E-state index contributed by atoms with van der Waals surface area (Å²) in [5, 5.41) is 2.71. The summed E-state index contributed by atoms with van der Waals surface area (Å²) in [5.41, 5.74) is 5.52. The van der Waals surface area contributed by atoms with Gasteiger partial charge in [0.2, 0.25) is 5.82 Å². The van der Waals surface area contributed by atoms with Gasteiger partial charge in [-0.15, -0.1) is 0 Å². The highest BCUT2D eigenvalue weighted by atomic mass is 19.4. The first-order valence-corrected chi connectivity index (χ1v) is 4.27. The van der Waals surface area contributed by atoms with Gasteiger partial charge in [0.15, 0.2) is 5.82 Å². The lowest BCUT2D eigenvalue weighted by Crippen LogP contribution is -2.17. The normalized spacial score (nSPS) is 11.9. The van der Waals surface area contributed by atoms with Crippen LogP contribution in [0.25, 0.3) is 0 Å². The molecule has 0 saturated carbocycles. The zero-order valence-corrected chi connectivity index (χ0v) is 8.26. The Morgan fingerprint density at radius 1 is 1.40 bits per heavy atom. The van der Waals surface area contributed by atoms with Crippen molar-refractivity contribution in [3.63, 3.8) is 0 Å². The van der Waals surface area contributed by atoms with Crippen LogP contribution in [0, 0.1) is 0 Å². The van der Waals surface area contributed by atoms with Crippen LogP contribution in [0.2, 0.25) is 0 Å². The standard InChI is InChI=1S/C8H11F3N4/c1-4(2)14-6-5(12)3-13-7(15-6)8(9,10)11/h3-4H,12H2,1-2H3,(H,13,14,15). The van der Waals surface area contributed by atoms with Crippen molar-refractivity contribution in [2.24, 2.45) is 0 Å². The average molecular weight is 220 g/mol. The number of alkyl halides is 3. The Hall–Kier alpha value is -1.53. The third kappa shape index (κ3) is 2.97. The molecule has 0 unspecified atom stereocenters. The first-order valence-electron chi connectivity index (χ1n) is 4.27. The number of rotatable bonds is 2. The lowest BCUT2D eigenvalue weighted by Gasteiger charge is -2.12. The molecule has 1 aromatic rings. The van der Waals surface area contributed by atoms with E-state index in [9.17, 15) is 13.2 Å². The third-order valence-corrected chi connectivity index (χ3v) is 1.50. The van der Waals surface area contributed by atoms with Crippen LogP contribution in [0.15, 0.2) is 6.20 Å². The van der Waals surface area contributed by atoms with Crippen molar-refractivity contribution in [2.45, 2.75) is 26.1 Å². The predicted molar refractivity (Wildman–Crippen MR) is 50.2 cm³/mol. The molecule has 15 heavy (non-hydrogen) atoms. The smallest absolute Gasteiger partial charge is 0.394 e. The monoisotopic (exact) mass is 220 g/mol. The second-order valence-electron chi connectivity index (χ2n) is 3.29. The van der Waals surface area contributed by atoms with Crippen LogP contribution >= 0.6 is 0 Å². The Morgan fingerprint density at radius 2 is 2.00 bits per heavy atom. The van der Waals surface area contributed by atoms with Crippen LogP contribution in [-0.4, -0.2) is 16.0 Å². The van der Waals surface area contributed by atoms with Gasteiger partial charge in [0.05, 0.1) is 11.9 Å². The molecular weight excluding hydrogens is 209 g/mol. The number of nitrogens with two attached hydrogens (primary N) is 1. The minimum absolute atomic E-state index is 0.00678. The number of nitrogens with zero attached hydrogens (tertiary/aromatic N) is 2. The van der Waals surface area contributed by atoms with Crippen LogP contribution in [0.4, 0.5) is 24.7 Å². The summed E-state index contributed by atoms with van der Waals surface area (Å²) in [6, 6.07) is -0.0525. The maximum atomic E-state index is 12.2. The van der Waals surface area contributed by atoms with Crippen LogP contribution < -0.4 is 11.1 Å². The predicted octanol–water partition coefficient (Wildman–Crippen LogP) is 1.90. The van der Waals surface area contributed by atoms with E-state index in [1.54, 1.807) is 13.8 Å². The van der Waals surface area contributed by atoms with E-state index >= 15 is 0 Å². The summed E-state index contributed by atoms with van der Waals surface area (Å²) in [5.74, 6) is -1.19. The highest BCUT2D eigenvalue weighted by Crippen LogP contribution is 2.28. The fourth-order valence-electron chi connectivity index (χ4n) is 0.917.